The van der Waals surface area contributed by atoms with Crippen LogP contribution in [0.5, 0.6) is 0 Å². The zero-order chi connectivity index (χ0) is 12.5. The molecule has 0 spiro atoms. The highest BCUT2D eigenvalue weighted by atomic mass is 19.1. The van der Waals surface area contributed by atoms with Crippen LogP contribution in [0.3, 0.4) is 0 Å². The van der Waals surface area contributed by atoms with Crippen molar-refractivity contribution in [3.05, 3.63) is 59.2 Å². The average molecular weight is 241 g/mol. The first-order chi connectivity index (χ1) is 8.75. The Morgan fingerprint density at radius 2 is 2.06 bits per heavy atom. The average Bonchev–Trinajstić information content (AvgIpc) is 2.41. The second-order valence-electron chi connectivity index (χ2n) is 3.81. The zero-order valence-corrected chi connectivity index (χ0v) is 9.22. The van der Waals surface area contributed by atoms with Crippen molar-refractivity contribution in [2.24, 2.45) is 0 Å². The summed E-state index contributed by atoms with van der Waals surface area (Å²) in [4.78, 5) is 21.0. The number of H-pyrrole nitrogens is 1. The van der Waals surface area contributed by atoms with Gasteiger partial charge in [0.1, 0.15) is 0 Å². The van der Waals surface area contributed by atoms with E-state index in [-0.39, 0.29) is 5.69 Å². The van der Waals surface area contributed by atoms with Gasteiger partial charge in [-0.25, -0.2) is 9.18 Å². The van der Waals surface area contributed by atoms with Gasteiger partial charge in [0.15, 0.2) is 5.82 Å². The minimum Gasteiger partial charge on any atom is -0.303 e. The SMILES string of the molecule is O=c1ncc(F)c(-c2cccc3cnccc23)[nH]1. The normalized spacial score (nSPS) is 10.7. The Balaban J connectivity index is 2.38. The molecule has 5 heteroatoms. The van der Waals surface area contributed by atoms with E-state index in [0.29, 0.717) is 5.56 Å². The van der Waals surface area contributed by atoms with Gasteiger partial charge in [0, 0.05) is 23.3 Å². The van der Waals surface area contributed by atoms with Crippen molar-refractivity contribution < 1.29 is 4.39 Å². The molecule has 18 heavy (non-hydrogen) atoms. The number of rotatable bonds is 1. The quantitative estimate of drug-likeness (QED) is 0.710. The molecule has 2 heterocycles. The van der Waals surface area contributed by atoms with Gasteiger partial charge in [-0.15, -0.1) is 0 Å². The summed E-state index contributed by atoms with van der Waals surface area (Å²) in [6.45, 7) is 0. The van der Waals surface area contributed by atoms with E-state index in [0.717, 1.165) is 17.0 Å². The lowest BCUT2D eigenvalue weighted by atomic mass is 10.0. The Kier molecular flexibility index (Phi) is 2.37. The van der Waals surface area contributed by atoms with Crippen molar-refractivity contribution in [3.63, 3.8) is 0 Å². The first-order valence-electron chi connectivity index (χ1n) is 5.33. The summed E-state index contributed by atoms with van der Waals surface area (Å²) in [5, 5.41) is 1.71. The van der Waals surface area contributed by atoms with Gasteiger partial charge in [-0.05, 0) is 11.5 Å². The Bertz CT molecular complexity index is 777. The molecule has 0 aliphatic heterocycles. The predicted molar refractivity (Wildman–Crippen MR) is 65.6 cm³/mol. The first kappa shape index (κ1) is 10.6. The Morgan fingerprint density at radius 1 is 1.17 bits per heavy atom. The van der Waals surface area contributed by atoms with Crippen LogP contribution in [0.25, 0.3) is 22.0 Å². The molecule has 0 radical (unpaired) electrons. The minimum absolute atomic E-state index is 0.145. The van der Waals surface area contributed by atoms with Gasteiger partial charge in [0.25, 0.3) is 0 Å². The van der Waals surface area contributed by atoms with Gasteiger partial charge in [0.2, 0.25) is 0 Å². The molecule has 0 aliphatic rings. The van der Waals surface area contributed by atoms with Gasteiger partial charge in [-0.1, -0.05) is 18.2 Å². The van der Waals surface area contributed by atoms with E-state index in [1.165, 1.54) is 0 Å². The van der Waals surface area contributed by atoms with Crippen molar-refractivity contribution >= 4 is 10.8 Å². The van der Waals surface area contributed by atoms with Crippen molar-refractivity contribution in [1.29, 1.82) is 0 Å². The van der Waals surface area contributed by atoms with E-state index in [4.69, 9.17) is 0 Å². The third-order valence-electron chi connectivity index (χ3n) is 2.72. The summed E-state index contributed by atoms with van der Waals surface area (Å²) in [6.07, 6.45) is 4.24. The summed E-state index contributed by atoms with van der Waals surface area (Å²) >= 11 is 0. The maximum Gasteiger partial charge on any atom is 0.345 e. The first-order valence-corrected chi connectivity index (χ1v) is 5.33. The molecule has 4 nitrogen and oxygen atoms in total. The third-order valence-corrected chi connectivity index (χ3v) is 2.72. The molecular weight excluding hydrogens is 233 g/mol. The van der Waals surface area contributed by atoms with Gasteiger partial charge >= 0.3 is 5.69 Å². The standard InChI is InChI=1S/C13H8FN3O/c14-11-7-16-13(18)17-12(11)10-3-1-2-8-6-15-5-4-9(8)10/h1-7H,(H,16,17,18). The fourth-order valence-corrected chi connectivity index (χ4v) is 1.92. The summed E-state index contributed by atoms with van der Waals surface area (Å²) in [7, 11) is 0. The molecule has 0 aliphatic carbocycles. The Morgan fingerprint density at radius 3 is 2.94 bits per heavy atom. The lowest BCUT2D eigenvalue weighted by Gasteiger charge is -2.06. The number of benzene rings is 1. The molecule has 2 aromatic heterocycles. The molecule has 0 atom stereocenters. The van der Waals surface area contributed by atoms with Crippen molar-refractivity contribution in [1.82, 2.24) is 15.0 Å². The summed E-state index contributed by atoms with van der Waals surface area (Å²) < 4.78 is 13.7. The number of halogens is 1. The maximum absolute atomic E-state index is 13.7. The molecule has 0 saturated heterocycles. The monoisotopic (exact) mass is 241 g/mol. The van der Waals surface area contributed by atoms with Crippen molar-refractivity contribution in [2.45, 2.75) is 0 Å². The molecular formula is C13H8FN3O. The molecule has 0 fully saturated rings. The lowest BCUT2D eigenvalue weighted by molar-refractivity contribution is 0.615. The number of pyridine rings is 1. The maximum atomic E-state index is 13.7. The van der Waals surface area contributed by atoms with Crippen LogP contribution in [0.1, 0.15) is 0 Å². The topological polar surface area (TPSA) is 58.6 Å². The molecule has 88 valence electrons. The van der Waals surface area contributed by atoms with Crippen LogP contribution in [0.4, 0.5) is 4.39 Å². The molecule has 3 aromatic rings. The molecule has 0 amide bonds. The van der Waals surface area contributed by atoms with E-state index < -0.39 is 11.5 Å². The minimum atomic E-state index is -0.572. The molecule has 0 bridgehead atoms. The van der Waals surface area contributed by atoms with Crippen LogP contribution in [0, 0.1) is 5.82 Å². The highest BCUT2D eigenvalue weighted by molar-refractivity contribution is 5.95. The Hall–Kier alpha value is -2.56. The smallest absolute Gasteiger partial charge is 0.303 e. The van der Waals surface area contributed by atoms with Crippen LogP contribution in [0.2, 0.25) is 0 Å². The van der Waals surface area contributed by atoms with E-state index in [9.17, 15) is 9.18 Å². The fraction of sp³-hybridized carbons (Fsp3) is 0. The largest absolute Gasteiger partial charge is 0.345 e. The highest BCUT2D eigenvalue weighted by Crippen LogP contribution is 2.27. The molecule has 0 saturated carbocycles. The van der Waals surface area contributed by atoms with Crippen LogP contribution in [-0.4, -0.2) is 15.0 Å². The number of aromatic amines is 1. The van der Waals surface area contributed by atoms with Crippen LogP contribution in [0.15, 0.2) is 47.7 Å². The summed E-state index contributed by atoms with van der Waals surface area (Å²) in [6, 6.07) is 7.19. The second kappa shape index (κ2) is 4.03. The van der Waals surface area contributed by atoms with Crippen LogP contribution >= 0.6 is 0 Å². The third kappa shape index (κ3) is 1.66. The van der Waals surface area contributed by atoms with Gasteiger partial charge in [-0.2, -0.15) is 4.98 Å². The second-order valence-corrected chi connectivity index (χ2v) is 3.81. The molecule has 1 aromatic carbocycles. The Labute approximate surface area is 101 Å². The van der Waals surface area contributed by atoms with Crippen LogP contribution < -0.4 is 5.69 Å². The fourth-order valence-electron chi connectivity index (χ4n) is 1.92. The molecule has 1 N–H and O–H groups in total. The van der Waals surface area contributed by atoms with Gasteiger partial charge in [0.05, 0.1) is 11.9 Å². The van der Waals surface area contributed by atoms with E-state index in [1.807, 2.05) is 6.07 Å². The highest BCUT2D eigenvalue weighted by Gasteiger charge is 2.09. The van der Waals surface area contributed by atoms with E-state index in [2.05, 4.69) is 15.0 Å². The number of fused-ring (bicyclic) bond motifs is 1. The zero-order valence-electron chi connectivity index (χ0n) is 9.22. The number of hydrogen-bond donors (Lipinski definition) is 1. The van der Waals surface area contributed by atoms with Gasteiger partial charge < -0.3 is 4.98 Å². The molecule has 0 unspecified atom stereocenters. The number of aromatic nitrogens is 3. The lowest BCUT2D eigenvalue weighted by Crippen LogP contribution is -2.11. The van der Waals surface area contributed by atoms with Crippen molar-refractivity contribution in [3.8, 4) is 11.3 Å². The summed E-state index contributed by atoms with van der Waals surface area (Å²) in [5.41, 5.74) is 0.191. The van der Waals surface area contributed by atoms with Crippen molar-refractivity contribution in [2.75, 3.05) is 0 Å². The van der Waals surface area contributed by atoms with E-state index >= 15 is 0 Å². The number of nitrogens with zero attached hydrogens (tertiary/aromatic N) is 2. The summed E-state index contributed by atoms with van der Waals surface area (Å²) in [5.74, 6) is -0.557. The van der Waals surface area contributed by atoms with E-state index in [1.54, 1.807) is 30.6 Å². The van der Waals surface area contributed by atoms with Crippen LogP contribution in [-0.2, 0) is 0 Å². The number of hydrogen-bond acceptors (Lipinski definition) is 3. The van der Waals surface area contributed by atoms with Gasteiger partial charge in [-0.3, -0.25) is 4.98 Å². The number of nitrogens with one attached hydrogen (secondary N) is 1. The predicted octanol–water partition coefficient (Wildman–Crippen LogP) is 2.12. The molecule has 3 rings (SSSR count).